The molecule has 1 N–H and O–H groups in total. The summed E-state index contributed by atoms with van der Waals surface area (Å²) >= 11 is 10.8. The Morgan fingerprint density at radius 1 is 1.35 bits per heavy atom. The van der Waals surface area contributed by atoms with Gasteiger partial charge in [-0.1, -0.05) is 38.9 Å². The number of hydrogen-bond acceptors (Lipinski definition) is 4. The van der Waals surface area contributed by atoms with Gasteiger partial charge in [-0.3, -0.25) is 10.1 Å². The van der Waals surface area contributed by atoms with Crippen molar-refractivity contribution in [3.8, 4) is 5.75 Å². The van der Waals surface area contributed by atoms with Crippen LogP contribution in [-0.4, -0.2) is 17.5 Å². The molecule has 0 fully saturated rings. The molecule has 3 rings (SSSR count). The summed E-state index contributed by atoms with van der Waals surface area (Å²) in [4.78, 5) is 16.3. The zero-order valence-electron chi connectivity index (χ0n) is 12.1. The van der Waals surface area contributed by atoms with Crippen LogP contribution in [0.2, 0.25) is 5.02 Å². The lowest BCUT2D eigenvalue weighted by atomic mass is 10.2. The number of carbonyl (C=O) groups is 1. The first kappa shape index (κ1) is 16.2. The third kappa shape index (κ3) is 4.02. The summed E-state index contributed by atoms with van der Waals surface area (Å²) in [6.45, 7) is 1.86. The molecule has 0 bridgehead atoms. The lowest BCUT2D eigenvalue weighted by Gasteiger charge is -2.05. The Morgan fingerprint density at radius 3 is 2.83 bits per heavy atom. The number of thiazole rings is 1. The van der Waals surface area contributed by atoms with Gasteiger partial charge < -0.3 is 4.74 Å². The Bertz CT molecular complexity index is 825. The first-order chi connectivity index (χ1) is 11.0. The zero-order valence-corrected chi connectivity index (χ0v) is 15.3. The van der Waals surface area contributed by atoms with Gasteiger partial charge in [-0.25, -0.2) is 4.98 Å². The van der Waals surface area contributed by atoms with Crippen molar-refractivity contribution >= 4 is 60.1 Å². The van der Waals surface area contributed by atoms with Gasteiger partial charge in [0, 0.05) is 9.50 Å². The van der Waals surface area contributed by atoms with Crippen LogP contribution in [0.5, 0.6) is 5.75 Å². The Balaban J connectivity index is 1.64. The molecule has 1 aromatic heterocycles. The second-order valence-corrected chi connectivity index (χ2v) is 7.23. The molecule has 1 amide bonds. The molecule has 7 heteroatoms. The molecule has 23 heavy (non-hydrogen) atoms. The summed E-state index contributed by atoms with van der Waals surface area (Å²) < 4.78 is 7.37. The molecule has 0 radical (unpaired) electrons. The zero-order chi connectivity index (χ0) is 16.4. The minimum atomic E-state index is -0.255. The van der Waals surface area contributed by atoms with E-state index in [0.29, 0.717) is 15.9 Å². The van der Waals surface area contributed by atoms with Crippen molar-refractivity contribution < 1.29 is 9.53 Å². The van der Waals surface area contributed by atoms with Crippen molar-refractivity contribution in [1.29, 1.82) is 0 Å². The number of benzene rings is 2. The number of rotatable bonds is 4. The molecule has 0 unspecified atom stereocenters. The van der Waals surface area contributed by atoms with E-state index in [1.165, 1.54) is 11.3 Å². The predicted molar refractivity (Wildman–Crippen MR) is 97.6 cm³/mol. The van der Waals surface area contributed by atoms with Crippen molar-refractivity contribution in [2.75, 3.05) is 11.9 Å². The number of nitrogens with zero attached hydrogens (tertiary/aromatic N) is 1. The standard InChI is InChI=1S/C16H12BrClN2O2S/c1-9-6-14-13(7-12(9)18)19-16(23-14)20-15(21)8-22-11-4-2-10(17)3-5-11/h2-7H,8H2,1H3,(H,19,20,21). The number of hydrogen-bond donors (Lipinski definition) is 1. The Morgan fingerprint density at radius 2 is 2.09 bits per heavy atom. The summed E-state index contributed by atoms with van der Waals surface area (Å²) in [7, 11) is 0. The van der Waals surface area contributed by atoms with Crippen molar-refractivity contribution in [1.82, 2.24) is 4.98 Å². The number of aryl methyl sites for hydroxylation is 1. The second-order valence-electron chi connectivity index (χ2n) is 4.88. The Kier molecular flexibility index (Phi) is 4.84. The van der Waals surface area contributed by atoms with Gasteiger partial charge in [-0.2, -0.15) is 0 Å². The number of fused-ring (bicyclic) bond motifs is 1. The average Bonchev–Trinajstić information content (AvgIpc) is 2.88. The Hall–Kier alpha value is -1.63. The summed E-state index contributed by atoms with van der Waals surface area (Å²) in [6.07, 6.45) is 0. The molecule has 3 aromatic rings. The topological polar surface area (TPSA) is 51.2 Å². The van der Waals surface area contributed by atoms with Crippen LogP contribution in [0.4, 0.5) is 5.13 Å². The normalized spacial score (nSPS) is 10.7. The van der Waals surface area contributed by atoms with E-state index in [4.69, 9.17) is 16.3 Å². The molecule has 0 aliphatic carbocycles. The largest absolute Gasteiger partial charge is 0.484 e. The van der Waals surface area contributed by atoms with Crippen molar-refractivity contribution in [2.45, 2.75) is 6.92 Å². The van der Waals surface area contributed by atoms with E-state index in [2.05, 4.69) is 26.2 Å². The van der Waals surface area contributed by atoms with Crippen LogP contribution >= 0.6 is 38.9 Å². The van der Waals surface area contributed by atoms with E-state index in [-0.39, 0.29) is 12.5 Å². The van der Waals surface area contributed by atoms with Crippen LogP contribution in [0.25, 0.3) is 10.2 Å². The van der Waals surface area contributed by atoms with Gasteiger partial charge in [-0.15, -0.1) is 0 Å². The molecular formula is C16H12BrClN2O2S. The molecular weight excluding hydrogens is 400 g/mol. The van der Waals surface area contributed by atoms with Crippen LogP contribution in [-0.2, 0) is 4.79 Å². The van der Waals surface area contributed by atoms with Crippen molar-refractivity contribution in [3.63, 3.8) is 0 Å². The lowest BCUT2D eigenvalue weighted by molar-refractivity contribution is -0.118. The number of nitrogens with one attached hydrogen (secondary N) is 1. The summed E-state index contributed by atoms with van der Waals surface area (Å²) in [6, 6.07) is 11.1. The van der Waals surface area contributed by atoms with E-state index < -0.39 is 0 Å². The van der Waals surface area contributed by atoms with Gasteiger partial charge in [0.2, 0.25) is 0 Å². The average molecular weight is 412 g/mol. The quantitative estimate of drug-likeness (QED) is 0.654. The fourth-order valence-electron chi connectivity index (χ4n) is 1.94. The van der Waals surface area contributed by atoms with E-state index >= 15 is 0 Å². The molecule has 2 aromatic carbocycles. The van der Waals surface area contributed by atoms with Crippen LogP contribution in [0.15, 0.2) is 40.9 Å². The van der Waals surface area contributed by atoms with Gasteiger partial charge in [0.1, 0.15) is 5.75 Å². The molecule has 1 heterocycles. The highest BCUT2D eigenvalue weighted by Gasteiger charge is 2.10. The molecule has 0 saturated carbocycles. The summed E-state index contributed by atoms with van der Waals surface area (Å²) in [5.74, 6) is 0.379. The van der Waals surface area contributed by atoms with E-state index in [9.17, 15) is 4.79 Å². The van der Waals surface area contributed by atoms with E-state index in [0.717, 1.165) is 20.3 Å². The maximum atomic E-state index is 12.0. The van der Waals surface area contributed by atoms with Gasteiger partial charge in [0.25, 0.3) is 5.91 Å². The fourth-order valence-corrected chi connectivity index (χ4v) is 3.32. The molecule has 0 saturated heterocycles. The lowest BCUT2D eigenvalue weighted by Crippen LogP contribution is -2.19. The molecule has 0 spiro atoms. The predicted octanol–water partition coefficient (Wildman–Crippen LogP) is 5.04. The van der Waals surface area contributed by atoms with Gasteiger partial charge in [0.15, 0.2) is 11.7 Å². The number of carbonyl (C=O) groups excluding carboxylic acids is 1. The van der Waals surface area contributed by atoms with Gasteiger partial charge in [-0.05, 0) is 48.9 Å². The van der Waals surface area contributed by atoms with Crippen LogP contribution in [0.3, 0.4) is 0 Å². The van der Waals surface area contributed by atoms with Gasteiger partial charge in [0.05, 0.1) is 10.2 Å². The minimum Gasteiger partial charge on any atom is -0.484 e. The number of ether oxygens (including phenoxy) is 1. The SMILES string of the molecule is Cc1cc2sc(NC(=O)COc3ccc(Br)cc3)nc2cc1Cl. The molecule has 0 atom stereocenters. The van der Waals surface area contributed by atoms with Crippen LogP contribution in [0.1, 0.15) is 5.56 Å². The maximum absolute atomic E-state index is 12.0. The highest BCUT2D eigenvalue weighted by atomic mass is 79.9. The van der Waals surface area contributed by atoms with Crippen molar-refractivity contribution in [2.24, 2.45) is 0 Å². The third-order valence-corrected chi connectivity index (χ3v) is 4.97. The first-order valence-corrected chi connectivity index (χ1v) is 8.75. The number of aromatic nitrogens is 1. The first-order valence-electron chi connectivity index (χ1n) is 6.76. The maximum Gasteiger partial charge on any atom is 0.264 e. The third-order valence-electron chi connectivity index (χ3n) is 3.10. The number of anilines is 1. The van der Waals surface area contributed by atoms with Crippen molar-refractivity contribution in [3.05, 3.63) is 51.5 Å². The Labute approximate surface area is 150 Å². The summed E-state index contributed by atoms with van der Waals surface area (Å²) in [5, 5.41) is 3.94. The molecule has 118 valence electrons. The second kappa shape index (κ2) is 6.86. The van der Waals surface area contributed by atoms with Crippen LogP contribution < -0.4 is 10.1 Å². The van der Waals surface area contributed by atoms with Gasteiger partial charge >= 0.3 is 0 Å². The molecule has 4 nitrogen and oxygen atoms in total. The monoisotopic (exact) mass is 410 g/mol. The summed E-state index contributed by atoms with van der Waals surface area (Å²) in [5.41, 5.74) is 1.76. The minimum absolute atomic E-state index is 0.0721. The smallest absolute Gasteiger partial charge is 0.264 e. The molecule has 0 aliphatic heterocycles. The highest BCUT2D eigenvalue weighted by molar-refractivity contribution is 9.10. The van der Waals surface area contributed by atoms with E-state index in [1.807, 2.05) is 25.1 Å². The number of halogens is 2. The fraction of sp³-hybridized carbons (Fsp3) is 0.125. The number of amides is 1. The highest BCUT2D eigenvalue weighted by Crippen LogP contribution is 2.30. The molecule has 0 aliphatic rings. The van der Waals surface area contributed by atoms with Crippen LogP contribution in [0, 0.1) is 6.92 Å². The van der Waals surface area contributed by atoms with E-state index in [1.54, 1.807) is 18.2 Å².